The molecule has 2 aliphatic rings. The van der Waals surface area contributed by atoms with Crippen molar-refractivity contribution in [3.05, 3.63) is 102 Å². The molecule has 46 heavy (non-hydrogen) atoms. The van der Waals surface area contributed by atoms with E-state index in [2.05, 4.69) is 5.32 Å². The van der Waals surface area contributed by atoms with E-state index in [1.54, 1.807) is 66.7 Å². The number of nitrogens with one attached hydrogen (secondary N) is 1. The van der Waals surface area contributed by atoms with Crippen molar-refractivity contribution in [2.24, 2.45) is 5.92 Å². The summed E-state index contributed by atoms with van der Waals surface area (Å²) in [6.07, 6.45) is -0.943. The summed E-state index contributed by atoms with van der Waals surface area (Å²) in [6.45, 7) is 1.99. The maximum Gasteiger partial charge on any atom is 0.408 e. The number of aromatic hydroxyl groups is 1. The molecular weight excluding hydrogens is 616 g/mol. The first-order valence-electron chi connectivity index (χ1n) is 14.6. The van der Waals surface area contributed by atoms with E-state index in [1.807, 2.05) is 6.07 Å². The molecular formula is C33H34N2O10S. The van der Waals surface area contributed by atoms with Crippen LogP contribution in [0.2, 0.25) is 0 Å². The molecule has 13 heteroatoms. The van der Waals surface area contributed by atoms with Crippen LogP contribution >= 0.6 is 0 Å². The highest BCUT2D eigenvalue weighted by Crippen LogP contribution is 2.49. The first-order valence-corrected chi connectivity index (χ1v) is 16.1. The van der Waals surface area contributed by atoms with Gasteiger partial charge in [0.2, 0.25) is 5.91 Å². The number of rotatable bonds is 11. The molecule has 3 aromatic carbocycles. The second-order valence-corrected chi connectivity index (χ2v) is 14.3. The molecule has 242 valence electrons. The predicted molar refractivity (Wildman–Crippen MR) is 163 cm³/mol. The van der Waals surface area contributed by atoms with E-state index in [1.165, 1.54) is 26.0 Å². The minimum atomic E-state index is -4.10. The van der Waals surface area contributed by atoms with E-state index in [0.717, 1.165) is 10.5 Å². The molecule has 0 saturated carbocycles. The number of alkyl carbamates (subject to hydrolysis) is 1. The third kappa shape index (κ3) is 6.54. The van der Waals surface area contributed by atoms with E-state index < -0.39 is 68.5 Å². The Morgan fingerprint density at radius 2 is 1.41 bits per heavy atom. The normalized spacial score (nSPS) is 21.3. The molecule has 0 spiro atoms. The van der Waals surface area contributed by atoms with E-state index in [4.69, 9.17) is 14.2 Å². The monoisotopic (exact) mass is 650 g/mol. The van der Waals surface area contributed by atoms with Gasteiger partial charge in [-0.1, -0.05) is 72.8 Å². The zero-order chi connectivity index (χ0) is 33.1. The number of β-lactam (4-membered cyclic amide) rings is 1. The van der Waals surface area contributed by atoms with Crippen molar-refractivity contribution in [1.82, 2.24) is 10.2 Å². The van der Waals surface area contributed by atoms with Crippen molar-refractivity contribution >= 4 is 33.8 Å². The van der Waals surface area contributed by atoms with E-state index in [9.17, 15) is 32.7 Å². The fraction of sp³-hybridized carbons (Fsp3) is 0.333. The van der Waals surface area contributed by atoms with Gasteiger partial charge in [-0.3, -0.25) is 4.79 Å². The number of benzene rings is 3. The van der Waals surface area contributed by atoms with Gasteiger partial charge in [0.25, 0.3) is 0 Å². The van der Waals surface area contributed by atoms with Gasteiger partial charge in [-0.05, 0) is 42.7 Å². The van der Waals surface area contributed by atoms with Crippen LogP contribution in [0.4, 0.5) is 4.79 Å². The number of hydrogen-bond donors (Lipinski definition) is 2. The first kappa shape index (κ1) is 32.5. The summed E-state index contributed by atoms with van der Waals surface area (Å²) in [4.78, 5) is 53.3. The largest absolute Gasteiger partial charge is 0.508 e. The lowest BCUT2D eigenvalue weighted by Gasteiger charge is -2.42. The smallest absolute Gasteiger partial charge is 0.408 e. The molecule has 2 aliphatic heterocycles. The Bertz CT molecular complexity index is 1700. The number of phenolic OH excluding ortho intramolecular Hbond substituents is 1. The van der Waals surface area contributed by atoms with Gasteiger partial charge in [0.05, 0.1) is 4.75 Å². The number of hydrogen-bond acceptors (Lipinski definition) is 10. The molecule has 12 nitrogen and oxygen atoms in total. The van der Waals surface area contributed by atoms with Crippen LogP contribution in [0.25, 0.3) is 0 Å². The highest BCUT2D eigenvalue weighted by molar-refractivity contribution is 7.93. The third-order valence-electron chi connectivity index (χ3n) is 8.20. The van der Waals surface area contributed by atoms with Gasteiger partial charge in [0.1, 0.15) is 43.6 Å². The van der Waals surface area contributed by atoms with Gasteiger partial charge < -0.3 is 29.5 Å². The summed E-state index contributed by atoms with van der Waals surface area (Å²) in [5.41, 5.74) is 2.00. The fourth-order valence-corrected chi connectivity index (χ4v) is 7.89. The van der Waals surface area contributed by atoms with Crippen LogP contribution in [0.1, 0.15) is 30.5 Å². The van der Waals surface area contributed by atoms with Gasteiger partial charge in [0.15, 0.2) is 15.2 Å². The average Bonchev–Trinajstić information content (AvgIpc) is 3.19. The molecule has 0 aromatic heterocycles. The van der Waals surface area contributed by atoms with Gasteiger partial charge in [-0.2, -0.15) is 0 Å². The summed E-state index contributed by atoms with van der Waals surface area (Å²) >= 11 is 0. The second kappa shape index (κ2) is 13.2. The molecule has 2 fully saturated rings. The molecule has 4 atom stereocenters. The van der Waals surface area contributed by atoms with Gasteiger partial charge >= 0.3 is 18.0 Å². The zero-order valence-electron chi connectivity index (χ0n) is 25.2. The minimum absolute atomic E-state index is 0.00843. The highest BCUT2D eigenvalue weighted by atomic mass is 32.2. The summed E-state index contributed by atoms with van der Waals surface area (Å²) < 4.78 is 41.5. The number of sulfone groups is 1. The second-order valence-electron chi connectivity index (χ2n) is 11.6. The molecule has 2 saturated heterocycles. The van der Waals surface area contributed by atoms with Crippen LogP contribution in [0.3, 0.4) is 0 Å². The summed E-state index contributed by atoms with van der Waals surface area (Å²) in [5, 5.41) is 10.7. The van der Waals surface area contributed by atoms with Crippen LogP contribution in [-0.2, 0) is 58.1 Å². The first-order chi connectivity index (χ1) is 21.9. The molecule has 2 amide bonds. The molecule has 2 heterocycles. The van der Waals surface area contributed by atoms with Gasteiger partial charge in [-0.25, -0.2) is 22.8 Å². The van der Waals surface area contributed by atoms with Gasteiger partial charge in [-0.15, -0.1) is 0 Å². The van der Waals surface area contributed by atoms with E-state index in [0.29, 0.717) is 11.1 Å². The van der Waals surface area contributed by atoms with Crippen LogP contribution in [0.5, 0.6) is 5.75 Å². The Balaban J connectivity index is 1.25. The SMILES string of the molecule is CC1(C)[C@H](C(=O)OCc2ccccc2)N2C(=O)[C@H](COC(=O)C(Cc3ccc(O)cc3)NC(=O)OCc3ccccc3)[C@H]2S1(=O)=O. The van der Waals surface area contributed by atoms with E-state index in [-0.39, 0.29) is 25.4 Å². The highest BCUT2D eigenvalue weighted by Gasteiger charge is 2.72. The number of carbonyl (C=O) groups excluding carboxylic acids is 4. The topological polar surface area (TPSA) is 166 Å². The molecule has 0 bridgehead atoms. The van der Waals surface area contributed by atoms with Crippen molar-refractivity contribution in [2.45, 2.75) is 55.7 Å². The van der Waals surface area contributed by atoms with Crippen molar-refractivity contribution < 1.29 is 46.9 Å². The third-order valence-corrected chi connectivity index (χ3v) is 11.1. The van der Waals surface area contributed by atoms with Crippen molar-refractivity contribution in [3.8, 4) is 5.75 Å². The van der Waals surface area contributed by atoms with Crippen molar-refractivity contribution in [3.63, 3.8) is 0 Å². The van der Waals surface area contributed by atoms with Crippen LogP contribution in [0, 0.1) is 5.92 Å². The van der Waals surface area contributed by atoms with Crippen LogP contribution in [0.15, 0.2) is 84.9 Å². The lowest BCUT2D eigenvalue weighted by atomic mass is 9.92. The fourth-order valence-electron chi connectivity index (χ4n) is 5.59. The number of ether oxygens (including phenoxy) is 3. The predicted octanol–water partition coefficient (Wildman–Crippen LogP) is 2.88. The Morgan fingerprint density at radius 3 is 2.00 bits per heavy atom. The number of carbonyl (C=O) groups is 4. The van der Waals surface area contributed by atoms with Crippen molar-refractivity contribution in [1.29, 1.82) is 0 Å². The average molecular weight is 651 g/mol. The van der Waals surface area contributed by atoms with Gasteiger partial charge in [0, 0.05) is 6.42 Å². The lowest BCUT2D eigenvalue weighted by molar-refractivity contribution is -0.172. The number of esters is 2. The van der Waals surface area contributed by atoms with Crippen LogP contribution < -0.4 is 5.32 Å². The Labute approximate surface area is 266 Å². The quantitative estimate of drug-likeness (QED) is 0.179. The number of nitrogens with zero attached hydrogens (tertiary/aromatic N) is 1. The van der Waals surface area contributed by atoms with Crippen LogP contribution in [-0.4, -0.2) is 71.2 Å². The zero-order valence-corrected chi connectivity index (χ0v) is 26.0. The Morgan fingerprint density at radius 1 is 0.848 bits per heavy atom. The maximum atomic E-state index is 13.6. The Hall–Kier alpha value is -4.91. The molecule has 3 aromatic rings. The van der Waals surface area contributed by atoms with E-state index >= 15 is 0 Å². The summed E-state index contributed by atoms with van der Waals surface area (Å²) in [7, 11) is -4.10. The molecule has 0 radical (unpaired) electrons. The lowest BCUT2D eigenvalue weighted by Crippen LogP contribution is -2.65. The molecule has 5 rings (SSSR count). The molecule has 2 N–H and O–H groups in total. The number of fused-ring (bicyclic) bond motifs is 1. The Kier molecular flexibility index (Phi) is 9.33. The maximum absolute atomic E-state index is 13.6. The molecule has 1 unspecified atom stereocenters. The minimum Gasteiger partial charge on any atom is -0.508 e. The summed E-state index contributed by atoms with van der Waals surface area (Å²) in [6, 6.07) is 21.1. The number of amides is 2. The molecule has 0 aliphatic carbocycles. The summed E-state index contributed by atoms with van der Waals surface area (Å²) in [5.74, 6) is -3.69. The van der Waals surface area contributed by atoms with Crippen molar-refractivity contribution in [2.75, 3.05) is 6.61 Å². The number of phenols is 1. The standard InChI is InChI=1S/C33H34N2O10S/c1-33(2)27(31(39)43-18-22-9-5-3-6-10-22)35-28(37)25(29(35)46(33,41)42)20-44-30(38)26(17-21-13-15-24(36)16-14-21)34-32(40)45-19-23-11-7-4-8-12-23/h3-16,25-27,29,36H,17-20H2,1-2H3,(H,34,40)/t25-,26?,27-,29+/m0/s1.